The maximum absolute atomic E-state index is 9.55. The van der Waals surface area contributed by atoms with Crippen LogP contribution >= 0.6 is 8.69 Å². The highest BCUT2D eigenvalue weighted by Gasteiger charge is 1.71. The van der Waals surface area contributed by atoms with E-state index in [9.17, 15) is 4.57 Å². The van der Waals surface area contributed by atoms with Gasteiger partial charge in [0.05, 0.1) is 6.61 Å². The standard InChI is InChI=1S/C3H9O2P.Mg.2H/c1-2-3-5-6-4;;;/h2-3,6H2,1H3;;;. The summed E-state index contributed by atoms with van der Waals surface area (Å²) in [5.74, 6) is 0. The van der Waals surface area contributed by atoms with Gasteiger partial charge in [-0.1, -0.05) is 6.92 Å². The molecule has 0 radical (unpaired) electrons. The largest absolute Gasteiger partial charge is 0.333 e. The summed E-state index contributed by atoms with van der Waals surface area (Å²) in [6, 6.07) is 0. The highest BCUT2D eigenvalue weighted by atomic mass is 31.1. The third-order valence-electron chi connectivity index (χ3n) is 0.390. The van der Waals surface area contributed by atoms with Gasteiger partial charge >= 0.3 is 23.1 Å². The Hall–Kier alpha value is 0.956. The molecular formula is C3H11MgO2P. The highest BCUT2D eigenvalue weighted by Crippen LogP contribution is 1.93. The van der Waals surface area contributed by atoms with E-state index in [1.807, 2.05) is 6.92 Å². The first-order valence-electron chi connectivity index (χ1n) is 1.97. The molecule has 0 spiro atoms. The van der Waals surface area contributed by atoms with Gasteiger partial charge in [-0.15, -0.1) is 0 Å². The van der Waals surface area contributed by atoms with E-state index in [-0.39, 0.29) is 23.1 Å². The van der Waals surface area contributed by atoms with Gasteiger partial charge in [-0.2, -0.15) is 0 Å². The molecule has 0 saturated carbocycles. The lowest BCUT2D eigenvalue weighted by Gasteiger charge is -1.84. The van der Waals surface area contributed by atoms with Crippen LogP contribution in [0.3, 0.4) is 0 Å². The zero-order chi connectivity index (χ0) is 4.83. The molecule has 4 heteroatoms. The van der Waals surface area contributed by atoms with Crippen molar-refractivity contribution in [2.75, 3.05) is 6.61 Å². The van der Waals surface area contributed by atoms with Gasteiger partial charge < -0.3 is 4.52 Å². The number of hydrogen-bond acceptors (Lipinski definition) is 2. The molecule has 0 N–H and O–H groups in total. The molecule has 0 aromatic carbocycles. The number of rotatable bonds is 3. The van der Waals surface area contributed by atoms with Crippen LogP contribution in [-0.4, -0.2) is 29.7 Å². The first kappa shape index (κ1) is 10.9. The van der Waals surface area contributed by atoms with Crippen LogP contribution in [-0.2, 0) is 9.09 Å². The fourth-order valence-electron chi connectivity index (χ4n) is 0.166. The summed E-state index contributed by atoms with van der Waals surface area (Å²) in [7, 11) is -0.966. The molecule has 0 aliphatic heterocycles. The van der Waals surface area contributed by atoms with Crippen molar-refractivity contribution < 1.29 is 9.09 Å². The topological polar surface area (TPSA) is 26.3 Å². The van der Waals surface area contributed by atoms with Gasteiger partial charge in [-0.05, 0) is 6.42 Å². The van der Waals surface area contributed by atoms with Crippen LogP contribution in [0, 0.1) is 0 Å². The zero-order valence-corrected chi connectivity index (χ0v) is 4.96. The molecule has 1 atom stereocenters. The molecule has 0 heterocycles. The SMILES string of the molecule is CCCO[PH2]=O.[MgH2]. The van der Waals surface area contributed by atoms with Crippen LogP contribution in [0.2, 0.25) is 0 Å². The van der Waals surface area contributed by atoms with Crippen molar-refractivity contribution in [2.24, 2.45) is 0 Å². The molecular weight excluding hydrogens is 123 g/mol. The van der Waals surface area contributed by atoms with E-state index in [1.54, 1.807) is 0 Å². The molecule has 7 heavy (non-hydrogen) atoms. The smallest absolute Gasteiger partial charge is 0.316 e. The van der Waals surface area contributed by atoms with Crippen molar-refractivity contribution in [1.29, 1.82) is 0 Å². The molecule has 42 valence electrons. The second-order valence-corrected chi connectivity index (χ2v) is 1.49. The lowest BCUT2D eigenvalue weighted by atomic mass is 10.5. The lowest BCUT2D eigenvalue weighted by Crippen LogP contribution is -1.74. The zero-order valence-electron chi connectivity index (χ0n) is 3.81. The summed E-state index contributed by atoms with van der Waals surface area (Å²) in [6.07, 6.45) is 0.954. The molecule has 0 amide bonds. The maximum atomic E-state index is 9.55. The summed E-state index contributed by atoms with van der Waals surface area (Å²) in [6.45, 7) is 2.62. The van der Waals surface area contributed by atoms with Crippen LogP contribution < -0.4 is 0 Å². The van der Waals surface area contributed by atoms with Crippen LogP contribution in [0.4, 0.5) is 0 Å². The van der Waals surface area contributed by atoms with Crippen molar-refractivity contribution in [3.63, 3.8) is 0 Å². The lowest BCUT2D eigenvalue weighted by molar-refractivity contribution is 0.342. The molecule has 0 rings (SSSR count). The van der Waals surface area contributed by atoms with E-state index in [1.165, 1.54) is 0 Å². The quantitative estimate of drug-likeness (QED) is 0.312. The van der Waals surface area contributed by atoms with E-state index in [0.29, 0.717) is 6.61 Å². The molecule has 0 aliphatic carbocycles. The van der Waals surface area contributed by atoms with Crippen molar-refractivity contribution in [3.8, 4) is 0 Å². The second-order valence-electron chi connectivity index (χ2n) is 0.967. The molecule has 0 aromatic heterocycles. The minimum Gasteiger partial charge on any atom is -0.333 e. The van der Waals surface area contributed by atoms with E-state index >= 15 is 0 Å². The van der Waals surface area contributed by atoms with Crippen LogP contribution in [0.1, 0.15) is 13.3 Å². The van der Waals surface area contributed by atoms with Gasteiger partial charge in [-0.3, -0.25) is 4.57 Å². The second kappa shape index (κ2) is 10.0. The van der Waals surface area contributed by atoms with Gasteiger partial charge in [0.15, 0.2) is 8.69 Å². The molecule has 0 bridgehead atoms. The van der Waals surface area contributed by atoms with Gasteiger partial charge in [0.1, 0.15) is 0 Å². The highest BCUT2D eigenvalue weighted by molar-refractivity contribution is 7.17. The van der Waals surface area contributed by atoms with Crippen molar-refractivity contribution in [1.82, 2.24) is 0 Å². The normalized spacial score (nSPS) is 9.29. The van der Waals surface area contributed by atoms with Crippen molar-refractivity contribution in [2.45, 2.75) is 13.3 Å². The summed E-state index contributed by atoms with van der Waals surface area (Å²) in [5, 5.41) is 0. The average molecular weight is 134 g/mol. The molecule has 0 aromatic rings. The Balaban J connectivity index is 0. The van der Waals surface area contributed by atoms with Crippen molar-refractivity contribution >= 4 is 31.7 Å². The van der Waals surface area contributed by atoms with E-state index in [2.05, 4.69) is 4.52 Å². The van der Waals surface area contributed by atoms with Crippen LogP contribution in [0.15, 0.2) is 0 Å². The Morgan fingerprint density at radius 2 is 2.29 bits per heavy atom. The molecule has 1 unspecified atom stereocenters. The average Bonchev–Trinajstić information content (AvgIpc) is 1.61. The Kier molecular flexibility index (Phi) is 15.6. The minimum absolute atomic E-state index is 0. The predicted octanol–water partition coefficient (Wildman–Crippen LogP) is 0.168. The van der Waals surface area contributed by atoms with E-state index < -0.39 is 8.69 Å². The fraction of sp³-hybridized carbons (Fsp3) is 1.00. The van der Waals surface area contributed by atoms with Crippen LogP contribution in [0.5, 0.6) is 0 Å². The summed E-state index contributed by atoms with van der Waals surface area (Å²) in [4.78, 5) is 0. The van der Waals surface area contributed by atoms with Gasteiger partial charge in [0, 0.05) is 0 Å². The molecule has 0 aliphatic rings. The predicted molar refractivity (Wildman–Crippen MR) is 35.2 cm³/mol. The molecule has 0 fully saturated rings. The third-order valence-corrected chi connectivity index (χ3v) is 0.762. The number of hydrogen-bond donors (Lipinski definition) is 0. The maximum Gasteiger partial charge on any atom is 0.316 e. The minimum atomic E-state index is -0.966. The van der Waals surface area contributed by atoms with Gasteiger partial charge in [0.2, 0.25) is 0 Å². The Morgan fingerprint density at radius 1 is 1.71 bits per heavy atom. The fourth-order valence-corrected chi connectivity index (χ4v) is 0.498. The molecule has 0 saturated heterocycles. The van der Waals surface area contributed by atoms with Gasteiger partial charge in [0.25, 0.3) is 0 Å². The summed E-state index contributed by atoms with van der Waals surface area (Å²) in [5.41, 5.74) is 0. The van der Waals surface area contributed by atoms with Crippen molar-refractivity contribution in [3.05, 3.63) is 0 Å². The molecule has 2 nitrogen and oxygen atoms in total. The first-order chi connectivity index (χ1) is 2.91. The Bertz CT molecular complexity index is 41.9. The van der Waals surface area contributed by atoms with Gasteiger partial charge in [-0.25, -0.2) is 0 Å². The Morgan fingerprint density at radius 3 is 2.43 bits per heavy atom. The monoisotopic (exact) mass is 134 g/mol. The third kappa shape index (κ3) is 10.9. The Labute approximate surface area is 61.1 Å². The van der Waals surface area contributed by atoms with E-state index in [4.69, 9.17) is 0 Å². The first-order valence-corrected chi connectivity index (χ1v) is 2.91. The summed E-state index contributed by atoms with van der Waals surface area (Å²) < 4.78 is 14.1. The summed E-state index contributed by atoms with van der Waals surface area (Å²) >= 11 is 0. The van der Waals surface area contributed by atoms with E-state index in [0.717, 1.165) is 6.42 Å². The van der Waals surface area contributed by atoms with Crippen LogP contribution in [0.25, 0.3) is 0 Å².